The molecule has 0 spiro atoms. The van der Waals surface area contributed by atoms with Crippen molar-refractivity contribution in [3.8, 4) is 0 Å². The Morgan fingerprint density at radius 3 is 3.11 bits per heavy atom. The van der Waals surface area contributed by atoms with Gasteiger partial charge in [0, 0.05) is 23.8 Å². The highest BCUT2D eigenvalue weighted by Crippen LogP contribution is 2.28. The Hall–Kier alpha value is -1.13. The minimum Gasteiger partial charge on any atom is -0.348 e. The van der Waals surface area contributed by atoms with E-state index in [4.69, 9.17) is 5.73 Å². The summed E-state index contributed by atoms with van der Waals surface area (Å²) in [5.74, 6) is 0. The summed E-state index contributed by atoms with van der Waals surface area (Å²) in [5, 5.41) is 3.39. The fourth-order valence-corrected chi connectivity index (χ4v) is 3.38. The SMILES string of the molecule is CCc1nc(Cn2cc3c(c2)C(N)CCC3)cs1. The summed E-state index contributed by atoms with van der Waals surface area (Å²) in [4.78, 5) is 4.62. The second kappa shape index (κ2) is 4.86. The van der Waals surface area contributed by atoms with Gasteiger partial charge in [-0.15, -0.1) is 11.3 Å². The number of nitrogens with zero attached hydrogens (tertiary/aromatic N) is 2. The standard InChI is InChI=1S/C14H19N3S/c1-2-14-16-11(9-18-14)7-17-6-10-4-3-5-13(15)12(10)8-17/h6,8-9,13H,2-5,7,15H2,1H3. The van der Waals surface area contributed by atoms with E-state index >= 15 is 0 Å². The Labute approximate surface area is 112 Å². The Balaban J connectivity index is 1.81. The van der Waals surface area contributed by atoms with E-state index in [1.165, 1.54) is 29.0 Å². The molecule has 0 fully saturated rings. The van der Waals surface area contributed by atoms with Crippen LogP contribution < -0.4 is 5.73 Å². The summed E-state index contributed by atoms with van der Waals surface area (Å²) >= 11 is 1.76. The molecule has 0 aromatic carbocycles. The van der Waals surface area contributed by atoms with Gasteiger partial charge in [-0.1, -0.05) is 6.92 Å². The van der Waals surface area contributed by atoms with Crippen LogP contribution in [0.15, 0.2) is 17.8 Å². The molecule has 0 saturated carbocycles. The van der Waals surface area contributed by atoms with Crippen LogP contribution in [0.5, 0.6) is 0 Å². The van der Waals surface area contributed by atoms with E-state index < -0.39 is 0 Å². The van der Waals surface area contributed by atoms with E-state index in [0.717, 1.165) is 25.1 Å². The molecule has 0 amide bonds. The van der Waals surface area contributed by atoms with Crippen LogP contribution in [0, 0.1) is 0 Å². The number of aromatic nitrogens is 2. The van der Waals surface area contributed by atoms with Crippen LogP contribution in [-0.2, 0) is 19.4 Å². The maximum atomic E-state index is 6.15. The van der Waals surface area contributed by atoms with Gasteiger partial charge in [-0.3, -0.25) is 0 Å². The van der Waals surface area contributed by atoms with Gasteiger partial charge < -0.3 is 10.3 Å². The lowest BCUT2D eigenvalue weighted by Crippen LogP contribution is -2.15. The van der Waals surface area contributed by atoms with Crippen molar-refractivity contribution in [2.24, 2.45) is 5.73 Å². The van der Waals surface area contributed by atoms with E-state index in [0.29, 0.717) is 0 Å². The van der Waals surface area contributed by atoms with E-state index in [1.807, 2.05) is 0 Å². The van der Waals surface area contributed by atoms with Crippen molar-refractivity contribution in [2.75, 3.05) is 0 Å². The van der Waals surface area contributed by atoms with E-state index in [-0.39, 0.29) is 6.04 Å². The third kappa shape index (κ3) is 2.22. The summed E-state index contributed by atoms with van der Waals surface area (Å²) in [6.07, 6.45) is 9.00. The first-order valence-electron chi connectivity index (χ1n) is 6.63. The summed E-state index contributed by atoms with van der Waals surface area (Å²) in [7, 11) is 0. The van der Waals surface area contributed by atoms with Crippen LogP contribution in [0.2, 0.25) is 0 Å². The Bertz CT molecular complexity index is 541. The number of fused-ring (bicyclic) bond motifs is 1. The zero-order valence-electron chi connectivity index (χ0n) is 10.7. The van der Waals surface area contributed by atoms with Gasteiger partial charge in [0.15, 0.2) is 0 Å². The van der Waals surface area contributed by atoms with Crippen molar-refractivity contribution in [1.29, 1.82) is 0 Å². The third-order valence-electron chi connectivity index (χ3n) is 3.60. The molecule has 1 aliphatic rings. The molecule has 96 valence electrons. The van der Waals surface area contributed by atoms with Crippen LogP contribution in [-0.4, -0.2) is 9.55 Å². The predicted molar refractivity (Wildman–Crippen MR) is 74.9 cm³/mol. The quantitative estimate of drug-likeness (QED) is 0.923. The first-order valence-corrected chi connectivity index (χ1v) is 7.51. The smallest absolute Gasteiger partial charge is 0.0926 e. The van der Waals surface area contributed by atoms with Gasteiger partial charge in [0.25, 0.3) is 0 Å². The maximum Gasteiger partial charge on any atom is 0.0926 e. The van der Waals surface area contributed by atoms with Crippen molar-refractivity contribution >= 4 is 11.3 Å². The summed E-state index contributed by atoms with van der Waals surface area (Å²) in [5.41, 5.74) is 10.1. The van der Waals surface area contributed by atoms with Gasteiger partial charge >= 0.3 is 0 Å². The predicted octanol–water partition coefficient (Wildman–Crippen LogP) is 2.89. The number of hydrogen-bond acceptors (Lipinski definition) is 3. The fourth-order valence-electron chi connectivity index (χ4n) is 2.65. The van der Waals surface area contributed by atoms with Gasteiger partial charge in [-0.25, -0.2) is 4.98 Å². The first-order chi connectivity index (χ1) is 8.76. The number of nitrogens with two attached hydrogens (primary N) is 1. The molecule has 3 rings (SSSR count). The normalized spacial score (nSPS) is 18.9. The topological polar surface area (TPSA) is 43.8 Å². The summed E-state index contributed by atoms with van der Waals surface area (Å²) in [6.45, 7) is 3.02. The molecule has 3 nitrogen and oxygen atoms in total. The maximum absolute atomic E-state index is 6.15. The molecule has 4 heteroatoms. The molecule has 0 saturated heterocycles. The van der Waals surface area contributed by atoms with E-state index in [9.17, 15) is 0 Å². The molecule has 0 aliphatic heterocycles. The van der Waals surface area contributed by atoms with Crippen molar-refractivity contribution in [3.63, 3.8) is 0 Å². The molecular formula is C14H19N3S. The molecule has 2 aromatic rings. The lowest BCUT2D eigenvalue weighted by Gasteiger charge is -2.17. The Morgan fingerprint density at radius 1 is 1.50 bits per heavy atom. The third-order valence-corrected chi connectivity index (χ3v) is 4.65. The average Bonchev–Trinajstić information content (AvgIpc) is 2.96. The minimum atomic E-state index is 0.233. The second-order valence-electron chi connectivity index (χ2n) is 5.00. The lowest BCUT2D eigenvalue weighted by molar-refractivity contribution is 0.573. The lowest BCUT2D eigenvalue weighted by atomic mass is 9.92. The Kier molecular flexibility index (Phi) is 3.22. The van der Waals surface area contributed by atoms with Gasteiger partial charge in [-0.2, -0.15) is 0 Å². The second-order valence-corrected chi connectivity index (χ2v) is 5.94. The van der Waals surface area contributed by atoms with Gasteiger partial charge in [0.2, 0.25) is 0 Å². The molecule has 1 aliphatic carbocycles. The van der Waals surface area contributed by atoms with Crippen molar-refractivity contribution in [3.05, 3.63) is 39.6 Å². The van der Waals surface area contributed by atoms with E-state index in [2.05, 4.69) is 34.2 Å². The summed E-state index contributed by atoms with van der Waals surface area (Å²) in [6, 6.07) is 0.233. The number of rotatable bonds is 3. The molecule has 1 atom stereocenters. The summed E-state index contributed by atoms with van der Waals surface area (Å²) < 4.78 is 2.24. The largest absolute Gasteiger partial charge is 0.348 e. The highest BCUT2D eigenvalue weighted by Gasteiger charge is 2.18. The Morgan fingerprint density at radius 2 is 2.39 bits per heavy atom. The van der Waals surface area contributed by atoms with Crippen molar-refractivity contribution in [2.45, 2.75) is 45.2 Å². The average molecular weight is 261 g/mol. The van der Waals surface area contributed by atoms with Crippen LogP contribution in [0.25, 0.3) is 0 Å². The molecular weight excluding hydrogens is 242 g/mol. The monoisotopic (exact) mass is 261 g/mol. The molecule has 2 aromatic heterocycles. The molecule has 0 bridgehead atoms. The highest BCUT2D eigenvalue weighted by atomic mass is 32.1. The van der Waals surface area contributed by atoms with Crippen LogP contribution in [0.1, 0.15) is 47.6 Å². The van der Waals surface area contributed by atoms with Gasteiger partial charge in [-0.05, 0) is 36.8 Å². The van der Waals surface area contributed by atoms with Gasteiger partial charge in [0.05, 0.1) is 17.2 Å². The van der Waals surface area contributed by atoms with E-state index in [1.54, 1.807) is 11.3 Å². The van der Waals surface area contributed by atoms with Crippen LogP contribution >= 0.6 is 11.3 Å². The number of thiazole rings is 1. The molecule has 2 N–H and O–H groups in total. The zero-order valence-corrected chi connectivity index (χ0v) is 11.5. The molecule has 2 heterocycles. The van der Waals surface area contributed by atoms with Gasteiger partial charge in [0.1, 0.15) is 0 Å². The first kappa shape index (κ1) is 11.9. The molecule has 1 unspecified atom stereocenters. The molecule has 0 radical (unpaired) electrons. The van der Waals surface area contributed by atoms with Crippen molar-refractivity contribution in [1.82, 2.24) is 9.55 Å². The molecule has 18 heavy (non-hydrogen) atoms. The number of hydrogen-bond donors (Lipinski definition) is 1. The van der Waals surface area contributed by atoms with Crippen LogP contribution in [0.4, 0.5) is 0 Å². The highest BCUT2D eigenvalue weighted by molar-refractivity contribution is 7.09. The fraction of sp³-hybridized carbons (Fsp3) is 0.500. The number of aryl methyl sites for hydroxylation is 2. The zero-order chi connectivity index (χ0) is 12.5. The van der Waals surface area contributed by atoms with Crippen molar-refractivity contribution < 1.29 is 0 Å². The minimum absolute atomic E-state index is 0.233. The van der Waals surface area contributed by atoms with Crippen LogP contribution in [0.3, 0.4) is 0 Å².